The lowest BCUT2D eigenvalue weighted by Gasteiger charge is -2.15. The molecule has 0 aromatic rings. The Morgan fingerprint density at radius 2 is 2.31 bits per heavy atom. The molecule has 1 aliphatic heterocycles. The van der Waals surface area contributed by atoms with Gasteiger partial charge < -0.3 is 24.9 Å². The van der Waals surface area contributed by atoms with Crippen molar-refractivity contribution in [1.29, 1.82) is 0 Å². The van der Waals surface area contributed by atoms with Crippen molar-refractivity contribution in [2.45, 2.75) is 12.2 Å². The highest BCUT2D eigenvalue weighted by molar-refractivity contribution is 5.89. The van der Waals surface area contributed by atoms with Crippen LogP contribution in [0.4, 0.5) is 0 Å². The summed E-state index contributed by atoms with van der Waals surface area (Å²) in [5.74, 6) is 2.51. The van der Waals surface area contributed by atoms with E-state index in [9.17, 15) is 4.79 Å². The first-order valence-electron chi connectivity index (χ1n) is 3.41. The van der Waals surface area contributed by atoms with E-state index < -0.39 is 30.5 Å². The first-order chi connectivity index (χ1) is 6.11. The third-order valence-corrected chi connectivity index (χ3v) is 1.58. The highest BCUT2D eigenvalue weighted by Gasteiger charge is 2.40. The number of hydrogen-bond donors (Lipinski definition) is 4. The van der Waals surface area contributed by atoms with Crippen LogP contribution in [0.3, 0.4) is 0 Å². The Hall–Kier alpha value is -1.31. The maximum absolute atomic E-state index is 10.7. The highest BCUT2D eigenvalue weighted by atomic mass is 16.7. The van der Waals surface area contributed by atoms with Crippen LogP contribution in [-0.4, -0.2) is 40.1 Å². The molecule has 1 aliphatic rings. The largest absolute Gasteiger partial charge is 0.499 e. The van der Waals surface area contributed by atoms with Gasteiger partial charge in [-0.05, 0) is 0 Å². The Morgan fingerprint density at radius 1 is 1.69 bits per heavy atom. The van der Waals surface area contributed by atoms with E-state index in [1.165, 1.54) is 0 Å². The predicted octanol–water partition coefficient (Wildman–Crippen LogP) is -2.08. The number of esters is 1. The first-order valence-corrected chi connectivity index (χ1v) is 3.41. The maximum Gasteiger partial charge on any atom is 0.378 e. The second-order valence-electron chi connectivity index (χ2n) is 2.41. The van der Waals surface area contributed by atoms with Crippen molar-refractivity contribution >= 4 is 5.97 Å². The average molecular weight is 191 g/mol. The van der Waals surface area contributed by atoms with Crippen LogP contribution in [0.15, 0.2) is 11.5 Å². The zero-order valence-corrected chi connectivity index (χ0v) is 6.51. The molecule has 0 bridgehead atoms. The van der Waals surface area contributed by atoms with Crippen LogP contribution in [0.25, 0.3) is 0 Å². The zero-order valence-electron chi connectivity index (χ0n) is 6.51. The van der Waals surface area contributed by atoms with Crippen molar-refractivity contribution in [1.82, 2.24) is 0 Å². The fourth-order valence-corrected chi connectivity index (χ4v) is 0.932. The number of carbonyl (C=O) groups excluding carboxylic acids is 1. The van der Waals surface area contributed by atoms with Gasteiger partial charge in [-0.3, -0.25) is 0 Å². The van der Waals surface area contributed by atoms with Crippen LogP contribution in [-0.2, 0) is 14.4 Å². The summed E-state index contributed by atoms with van der Waals surface area (Å²) in [6.07, 6.45) is -2.62. The van der Waals surface area contributed by atoms with Gasteiger partial charge in [0, 0.05) is 0 Å². The summed E-state index contributed by atoms with van der Waals surface area (Å²) < 4.78 is 4.45. The molecule has 0 aromatic carbocycles. The van der Waals surface area contributed by atoms with E-state index in [1.807, 2.05) is 0 Å². The Labute approximate surface area is 72.9 Å². The van der Waals surface area contributed by atoms with Gasteiger partial charge in [0.15, 0.2) is 6.10 Å². The molecular weight excluding hydrogens is 182 g/mol. The number of aliphatic hydroxyl groups is 3. The van der Waals surface area contributed by atoms with Gasteiger partial charge >= 0.3 is 5.97 Å². The summed E-state index contributed by atoms with van der Waals surface area (Å²) in [5.41, 5.74) is 0. The van der Waals surface area contributed by atoms with E-state index >= 15 is 0 Å². The van der Waals surface area contributed by atoms with Crippen LogP contribution in [0.1, 0.15) is 0 Å². The third kappa shape index (κ3) is 1.57. The molecule has 1 rings (SSSR count). The normalized spacial score (nSPS) is 24.5. The fraction of sp³-hybridized carbons (Fsp3) is 0.500. The molecule has 0 aromatic heterocycles. The van der Waals surface area contributed by atoms with Gasteiger partial charge in [-0.15, -0.1) is 0 Å². The molecule has 0 spiro atoms. The van der Waals surface area contributed by atoms with E-state index in [0.29, 0.717) is 0 Å². The Bertz CT molecular complexity index is 250. The maximum atomic E-state index is 10.7. The van der Waals surface area contributed by atoms with Crippen molar-refractivity contribution in [2.24, 2.45) is 5.90 Å². The van der Waals surface area contributed by atoms with Crippen molar-refractivity contribution < 1.29 is 29.7 Å². The molecule has 7 heteroatoms. The van der Waals surface area contributed by atoms with E-state index in [2.05, 4.69) is 9.57 Å². The summed E-state index contributed by atoms with van der Waals surface area (Å²) in [6, 6.07) is 0. The molecule has 0 fully saturated rings. The molecular formula is C6H9NO6. The van der Waals surface area contributed by atoms with Crippen molar-refractivity contribution in [2.75, 3.05) is 6.61 Å². The quantitative estimate of drug-likeness (QED) is 0.298. The van der Waals surface area contributed by atoms with Gasteiger partial charge in [0.05, 0.1) is 6.61 Å². The van der Waals surface area contributed by atoms with E-state index in [4.69, 9.17) is 21.2 Å². The smallest absolute Gasteiger partial charge is 0.378 e. The van der Waals surface area contributed by atoms with Gasteiger partial charge in [-0.25, -0.2) is 4.79 Å². The number of cyclic esters (lactones) is 1. The summed E-state index contributed by atoms with van der Waals surface area (Å²) >= 11 is 0. The molecule has 1 heterocycles. The SMILES string of the molecule is NOC1=C(O)C(=O)OC1C(O)CO. The molecule has 2 atom stereocenters. The number of aliphatic hydroxyl groups excluding tert-OH is 3. The van der Waals surface area contributed by atoms with Gasteiger partial charge in [0.1, 0.15) is 6.10 Å². The second kappa shape index (κ2) is 3.60. The molecule has 7 nitrogen and oxygen atoms in total. The fourth-order valence-electron chi connectivity index (χ4n) is 0.932. The lowest BCUT2D eigenvalue weighted by atomic mass is 10.2. The predicted molar refractivity (Wildman–Crippen MR) is 37.9 cm³/mol. The minimum Gasteiger partial charge on any atom is -0.499 e. The van der Waals surface area contributed by atoms with Crippen LogP contribution in [0.5, 0.6) is 0 Å². The molecule has 2 unspecified atom stereocenters. The molecule has 0 saturated carbocycles. The number of nitrogens with two attached hydrogens (primary N) is 1. The van der Waals surface area contributed by atoms with Crippen LogP contribution >= 0.6 is 0 Å². The van der Waals surface area contributed by atoms with Crippen molar-refractivity contribution in [3.8, 4) is 0 Å². The van der Waals surface area contributed by atoms with Crippen LogP contribution < -0.4 is 5.90 Å². The Morgan fingerprint density at radius 3 is 2.77 bits per heavy atom. The summed E-state index contributed by atoms with van der Waals surface area (Å²) in [7, 11) is 0. The first kappa shape index (κ1) is 9.78. The Balaban J connectivity index is 2.86. The van der Waals surface area contributed by atoms with Crippen molar-refractivity contribution in [3.63, 3.8) is 0 Å². The lowest BCUT2D eigenvalue weighted by molar-refractivity contribution is -0.148. The van der Waals surface area contributed by atoms with E-state index in [1.54, 1.807) is 0 Å². The van der Waals surface area contributed by atoms with E-state index in [0.717, 1.165) is 0 Å². The lowest BCUT2D eigenvalue weighted by Crippen LogP contribution is -2.33. The zero-order chi connectivity index (χ0) is 10.0. The molecule has 0 aliphatic carbocycles. The molecule has 5 N–H and O–H groups in total. The van der Waals surface area contributed by atoms with E-state index in [-0.39, 0.29) is 5.76 Å². The van der Waals surface area contributed by atoms with Gasteiger partial charge in [0.25, 0.3) is 0 Å². The molecule has 0 saturated heterocycles. The molecule has 74 valence electrons. The van der Waals surface area contributed by atoms with Crippen LogP contribution in [0, 0.1) is 0 Å². The summed E-state index contributed by atoms with van der Waals surface area (Å²) in [6.45, 7) is -0.641. The molecule has 0 amide bonds. The third-order valence-electron chi connectivity index (χ3n) is 1.58. The second-order valence-corrected chi connectivity index (χ2v) is 2.41. The Kier molecular flexibility index (Phi) is 2.71. The van der Waals surface area contributed by atoms with Gasteiger partial charge in [-0.1, -0.05) is 0 Å². The van der Waals surface area contributed by atoms with Gasteiger partial charge in [0.2, 0.25) is 11.5 Å². The number of carbonyl (C=O) groups is 1. The minimum atomic E-state index is -1.37. The standard InChI is InChI=1S/C6H9NO6/c7-13-5-3(10)6(11)12-4(5)2(9)1-8/h2,4,8-10H,1,7H2. The topological polar surface area (TPSA) is 122 Å². The minimum absolute atomic E-state index is 0.383. The van der Waals surface area contributed by atoms with Gasteiger partial charge in [-0.2, -0.15) is 5.90 Å². The monoisotopic (exact) mass is 191 g/mol. The molecule has 0 radical (unpaired) electrons. The highest BCUT2D eigenvalue weighted by Crippen LogP contribution is 2.23. The molecule has 13 heavy (non-hydrogen) atoms. The number of ether oxygens (including phenoxy) is 1. The summed E-state index contributed by atoms with van der Waals surface area (Å²) in [5, 5.41) is 26.6. The van der Waals surface area contributed by atoms with Crippen molar-refractivity contribution in [3.05, 3.63) is 11.5 Å². The average Bonchev–Trinajstić information content (AvgIpc) is 2.42. The summed E-state index contributed by atoms with van der Waals surface area (Å²) in [4.78, 5) is 14.9. The number of rotatable bonds is 3. The van der Waals surface area contributed by atoms with Crippen LogP contribution in [0.2, 0.25) is 0 Å². The number of hydrogen-bond acceptors (Lipinski definition) is 7.